The molecule has 1 amide bonds. The maximum atomic E-state index is 12.7. The molecule has 0 spiro atoms. The van der Waals surface area contributed by atoms with Crippen molar-refractivity contribution in [3.05, 3.63) is 29.3 Å². The van der Waals surface area contributed by atoms with Crippen molar-refractivity contribution in [2.24, 2.45) is 0 Å². The number of rotatable bonds is 5. The number of aryl methyl sites for hydroxylation is 2. The van der Waals surface area contributed by atoms with Gasteiger partial charge in [-0.05, 0) is 56.4 Å². The van der Waals surface area contributed by atoms with Crippen molar-refractivity contribution >= 4 is 5.91 Å². The van der Waals surface area contributed by atoms with Gasteiger partial charge >= 0.3 is 0 Å². The summed E-state index contributed by atoms with van der Waals surface area (Å²) >= 11 is 0. The smallest absolute Gasteiger partial charge is 0.263 e. The van der Waals surface area contributed by atoms with Gasteiger partial charge in [0.25, 0.3) is 5.91 Å². The Morgan fingerprint density at radius 2 is 1.91 bits per heavy atom. The first-order valence-corrected chi connectivity index (χ1v) is 8.53. The molecule has 22 heavy (non-hydrogen) atoms. The standard InChI is InChI=1S/C19H29NO2/c1-5-18(22-17-12-11-14(2)15(3)13-17)19(21)20(4)16-9-7-6-8-10-16/h11-13,16,18H,5-10H2,1-4H3/t18-/m1/s1. The number of amides is 1. The Morgan fingerprint density at radius 3 is 2.50 bits per heavy atom. The number of carbonyl (C=O) groups is 1. The predicted molar refractivity (Wildman–Crippen MR) is 90.3 cm³/mol. The highest BCUT2D eigenvalue weighted by atomic mass is 16.5. The second-order valence-corrected chi connectivity index (χ2v) is 6.50. The molecule has 0 saturated heterocycles. The largest absolute Gasteiger partial charge is 0.481 e. The van der Waals surface area contributed by atoms with Crippen molar-refractivity contribution in [1.29, 1.82) is 0 Å². The van der Waals surface area contributed by atoms with Gasteiger partial charge in [0, 0.05) is 13.1 Å². The van der Waals surface area contributed by atoms with E-state index in [0.717, 1.165) is 18.6 Å². The van der Waals surface area contributed by atoms with E-state index in [1.54, 1.807) is 0 Å². The second kappa shape index (κ2) is 7.66. The lowest BCUT2D eigenvalue weighted by Crippen LogP contribution is -2.45. The summed E-state index contributed by atoms with van der Waals surface area (Å²) < 4.78 is 5.98. The number of likely N-dealkylation sites (N-methyl/N-ethyl adjacent to an activating group) is 1. The summed E-state index contributed by atoms with van der Waals surface area (Å²) in [6.07, 6.45) is 6.34. The van der Waals surface area contributed by atoms with Crippen LogP contribution in [-0.4, -0.2) is 30.0 Å². The zero-order valence-corrected chi connectivity index (χ0v) is 14.4. The summed E-state index contributed by atoms with van der Waals surface area (Å²) in [5.74, 6) is 0.910. The van der Waals surface area contributed by atoms with Gasteiger partial charge in [0.2, 0.25) is 0 Å². The van der Waals surface area contributed by atoms with Crippen LogP contribution in [0, 0.1) is 13.8 Å². The van der Waals surface area contributed by atoms with E-state index in [-0.39, 0.29) is 12.0 Å². The van der Waals surface area contributed by atoms with Crippen LogP contribution in [0.3, 0.4) is 0 Å². The van der Waals surface area contributed by atoms with Crippen molar-refractivity contribution in [3.63, 3.8) is 0 Å². The predicted octanol–water partition coefficient (Wildman–Crippen LogP) is 4.25. The molecule has 1 atom stereocenters. The van der Waals surface area contributed by atoms with Gasteiger partial charge in [0.05, 0.1) is 0 Å². The first kappa shape index (κ1) is 16.9. The van der Waals surface area contributed by atoms with Gasteiger partial charge in [-0.3, -0.25) is 4.79 Å². The van der Waals surface area contributed by atoms with E-state index in [4.69, 9.17) is 4.74 Å². The number of benzene rings is 1. The zero-order chi connectivity index (χ0) is 16.1. The van der Waals surface area contributed by atoms with Crippen molar-refractivity contribution in [1.82, 2.24) is 4.90 Å². The van der Waals surface area contributed by atoms with Crippen LogP contribution in [0.4, 0.5) is 0 Å². The fourth-order valence-electron chi connectivity index (χ4n) is 3.14. The minimum atomic E-state index is -0.381. The Hall–Kier alpha value is -1.51. The van der Waals surface area contributed by atoms with Crippen molar-refractivity contribution in [2.45, 2.75) is 71.4 Å². The maximum absolute atomic E-state index is 12.7. The van der Waals surface area contributed by atoms with Crippen molar-refractivity contribution in [2.75, 3.05) is 7.05 Å². The molecule has 0 aromatic heterocycles. The lowest BCUT2D eigenvalue weighted by Gasteiger charge is -2.33. The second-order valence-electron chi connectivity index (χ2n) is 6.50. The third kappa shape index (κ3) is 4.02. The Labute approximate surface area is 134 Å². The normalized spacial score (nSPS) is 17.1. The zero-order valence-electron chi connectivity index (χ0n) is 14.4. The number of carbonyl (C=O) groups excluding carboxylic acids is 1. The minimum Gasteiger partial charge on any atom is -0.481 e. The molecule has 1 aliphatic carbocycles. The summed E-state index contributed by atoms with van der Waals surface area (Å²) in [6, 6.07) is 6.41. The van der Waals surface area contributed by atoms with Gasteiger partial charge in [0.15, 0.2) is 6.10 Å². The Balaban J connectivity index is 2.02. The molecule has 122 valence electrons. The molecule has 3 nitrogen and oxygen atoms in total. The summed E-state index contributed by atoms with van der Waals surface area (Å²) in [5, 5.41) is 0. The van der Waals surface area contributed by atoms with E-state index in [2.05, 4.69) is 13.8 Å². The van der Waals surface area contributed by atoms with Crippen LogP contribution in [0.5, 0.6) is 5.75 Å². The molecule has 3 heteroatoms. The monoisotopic (exact) mass is 303 g/mol. The quantitative estimate of drug-likeness (QED) is 0.813. The van der Waals surface area contributed by atoms with Gasteiger partial charge in [-0.2, -0.15) is 0 Å². The first-order valence-electron chi connectivity index (χ1n) is 8.53. The fraction of sp³-hybridized carbons (Fsp3) is 0.632. The van der Waals surface area contributed by atoms with Crippen molar-refractivity contribution in [3.8, 4) is 5.75 Å². The Morgan fingerprint density at radius 1 is 1.23 bits per heavy atom. The van der Waals surface area contributed by atoms with E-state index in [1.165, 1.54) is 30.4 Å². The minimum absolute atomic E-state index is 0.118. The SMILES string of the molecule is CC[C@@H](Oc1ccc(C)c(C)c1)C(=O)N(C)C1CCCCC1. The molecule has 1 saturated carbocycles. The van der Waals surface area contributed by atoms with Gasteiger partial charge in [-0.25, -0.2) is 0 Å². The molecule has 1 aromatic carbocycles. The third-order valence-corrected chi connectivity index (χ3v) is 4.87. The molecule has 0 radical (unpaired) electrons. The topological polar surface area (TPSA) is 29.5 Å². The Bertz CT molecular complexity index is 506. The summed E-state index contributed by atoms with van der Waals surface area (Å²) in [7, 11) is 1.94. The Kier molecular flexibility index (Phi) is 5.87. The molecule has 0 aliphatic heterocycles. The molecular formula is C19H29NO2. The number of hydrogen-bond donors (Lipinski definition) is 0. The van der Waals surface area contributed by atoms with Gasteiger partial charge in [-0.1, -0.05) is 32.3 Å². The molecule has 1 aromatic rings. The highest BCUT2D eigenvalue weighted by Crippen LogP contribution is 2.24. The van der Waals surface area contributed by atoms with Crippen molar-refractivity contribution < 1.29 is 9.53 Å². The lowest BCUT2D eigenvalue weighted by molar-refractivity contribution is -0.140. The first-order chi connectivity index (χ1) is 10.5. The van der Waals surface area contributed by atoms with E-state index < -0.39 is 0 Å². The fourth-order valence-corrected chi connectivity index (χ4v) is 3.14. The third-order valence-electron chi connectivity index (χ3n) is 4.87. The van der Waals surface area contributed by atoms with Crippen LogP contribution in [-0.2, 0) is 4.79 Å². The van der Waals surface area contributed by atoms with E-state index in [9.17, 15) is 4.79 Å². The molecule has 0 heterocycles. The highest BCUT2D eigenvalue weighted by Gasteiger charge is 2.28. The van der Waals surface area contributed by atoms with Crippen LogP contribution in [0.25, 0.3) is 0 Å². The molecule has 2 rings (SSSR count). The number of ether oxygens (including phenoxy) is 1. The average Bonchev–Trinajstić information content (AvgIpc) is 2.55. The van der Waals surface area contributed by atoms with Crippen LogP contribution < -0.4 is 4.74 Å². The lowest BCUT2D eigenvalue weighted by atomic mass is 9.94. The van der Waals surface area contributed by atoms with Gasteiger partial charge in [-0.15, -0.1) is 0 Å². The summed E-state index contributed by atoms with van der Waals surface area (Å²) in [5.41, 5.74) is 2.44. The molecule has 0 N–H and O–H groups in total. The van der Waals surface area contributed by atoms with E-state index in [0.29, 0.717) is 12.5 Å². The number of nitrogens with zero attached hydrogens (tertiary/aromatic N) is 1. The van der Waals surface area contributed by atoms with Crippen LogP contribution >= 0.6 is 0 Å². The van der Waals surface area contributed by atoms with E-state index in [1.807, 2.05) is 37.1 Å². The number of hydrogen-bond acceptors (Lipinski definition) is 2. The van der Waals surface area contributed by atoms with Crippen LogP contribution in [0.1, 0.15) is 56.6 Å². The molecule has 0 unspecified atom stereocenters. The van der Waals surface area contributed by atoms with Gasteiger partial charge in [0.1, 0.15) is 5.75 Å². The summed E-state index contributed by atoms with van der Waals surface area (Å²) in [6.45, 7) is 6.16. The highest BCUT2D eigenvalue weighted by molar-refractivity contribution is 5.81. The molecule has 0 bridgehead atoms. The molecular weight excluding hydrogens is 274 g/mol. The van der Waals surface area contributed by atoms with Crippen LogP contribution in [0.15, 0.2) is 18.2 Å². The average molecular weight is 303 g/mol. The van der Waals surface area contributed by atoms with Gasteiger partial charge < -0.3 is 9.64 Å². The van der Waals surface area contributed by atoms with Crippen LogP contribution in [0.2, 0.25) is 0 Å². The maximum Gasteiger partial charge on any atom is 0.263 e. The molecule has 1 fully saturated rings. The summed E-state index contributed by atoms with van der Waals surface area (Å²) in [4.78, 5) is 14.7. The molecule has 1 aliphatic rings. The van der Waals surface area contributed by atoms with E-state index >= 15 is 0 Å².